The maximum absolute atomic E-state index is 12.4. The summed E-state index contributed by atoms with van der Waals surface area (Å²) in [5, 5.41) is 2.80. The first-order valence-electron chi connectivity index (χ1n) is 6.08. The highest BCUT2D eigenvalue weighted by Crippen LogP contribution is 2.23. The van der Waals surface area contributed by atoms with E-state index in [1.54, 1.807) is 13.1 Å². The Morgan fingerprint density at radius 1 is 1.40 bits per heavy atom. The maximum Gasteiger partial charge on any atom is 0.244 e. The van der Waals surface area contributed by atoms with Gasteiger partial charge in [-0.05, 0) is 18.6 Å². The third-order valence-electron chi connectivity index (χ3n) is 3.39. The Labute approximate surface area is 119 Å². The minimum Gasteiger partial charge on any atom is -0.373 e. The van der Waals surface area contributed by atoms with Crippen LogP contribution in [-0.2, 0) is 19.9 Å². The minimum atomic E-state index is -3.72. The normalized spacial score (nSPS) is 22.1. The van der Waals surface area contributed by atoms with Gasteiger partial charge in [-0.2, -0.15) is 4.31 Å². The van der Waals surface area contributed by atoms with Crippen LogP contribution in [0.4, 0.5) is 5.82 Å². The van der Waals surface area contributed by atoms with E-state index in [-0.39, 0.29) is 16.4 Å². The summed E-state index contributed by atoms with van der Waals surface area (Å²) in [5.41, 5.74) is 0. The number of pyridine rings is 1. The number of hydrogen-bond acceptors (Lipinski definition) is 6. The minimum absolute atomic E-state index is 0.0362. The second-order valence-electron chi connectivity index (χ2n) is 4.71. The molecule has 1 aromatic heterocycles. The lowest BCUT2D eigenvalue weighted by molar-refractivity contribution is 0.394. The van der Waals surface area contributed by atoms with Crippen LogP contribution >= 0.6 is 0 Å². The summed E-state index contributed by atoms with van der Waals surface area (Å²) in [6, 6.07) is 2.51. The summed E-state index contributed by atoms with van der Waals surface area (Å²) in [7, 11) is -3.75. The third kappa shape index (κ3) is 2.94. The van der Waals surface area contributed by atoms with E-state index in [0.29, 0.717) is 12.2 Å². The molecule has 2 rings (SSSR count). The van der Waals surface area contributed by atoms with Gasteiger partial charge in [-0.15, -0.1) is 0 Å². The number of anilines is 1. The predicted molar refractivity (Wildman–Crippen MR) is 75.8 cm³/mol. The van der Waals surface area contributed by atoms with E-state index in [0.717, 1.165) is 4.31 Å². The number of aromatic nitrogens is 1. The van der Waals surface area contributed by atoms with E-state index in [4.69, 9.17) is 0 Å². The van der Waals surface area contributed by atoms with Crippen LogP contribution in [0.3, 0.4) is 0 Å². The molecule has 0 saturated carbocycles. The molecule has 1 saturated heterocycles. The largest absolute Gasteiger partial charge is 0.373 e. The fraction of sp³-hybridized carbons (Fsp3) is 0.545. The van der Waals surface area contributed by atoms with E-state index in [1.807, 2.05) is 0 Å². The Bertz CT molecular complexity index is 683. The molecule has 20 heavy (non-hydrogen) atoms. The Balaban J connectivity index is 2.25. The lowest BCUT2D eigenvalue weighted by Gasteiger charge is -2.22. The summed E-state index contributed by atoms with van der Waals surface area (Å²) in [6.45, 7) is 0. The van der Waals surface area contributed by atoms with Crippen molar-refractivity contribution in [2.75, 3.05) is 30.9 Å². The number of sulfone groups is 1. The molecule has 1 unspecified atom stereocenters. The Hall–Kier alpha value is -1.19. The standard InChI is InChI=1S/C11H17N3O4S2/c1-12-11-4-3-10(7-13-11)20(17,18)14(2)9-5-6-19(15,16)8-9/h3-4,7,9H,5-6,8H2,1-2H3,(H,12,13). The van der Waals surface area contributed by atoms with Crippen molar-refractivity contribution in [1.82, 2.24) is 9.29 Å². The molecule has 1 N–H and O–H groups in total. The van der Waals surface area contributed by atoms with Crippen LogP contribution in [0.15, 0.2) is 23.2 Å². The maximum atomic E-state index is 12.4. The Kier molecular flexibility index (Phi) is 4.03. The summed E-state index contributed by atoms with van der Waals surface area (Å²) < 4.78 is 48.8. The van der Waals surface area contributed by atoms with Gasteiger partial charge >= 0.3 is 0 Å². The third-order valence-corrected chi connectivity index (χ3v) is 7.04. The van der Waals surface area contributed by atoms with E-state index >= 15 is 0 Å². The van der Waals surface area contributed by atoms with Crippen molar-refractivity contribution in [3.8, 4) is 0 Å². The molecule has 112 valence electrons. The van der Waals surface area contributed by atoms with Crippen LogP contribution in [-0.4, -0.2) is 57.8 Å². The highest BCUT2D eigenvalue weighted by atomic mass is 32.2. The van der Waals surface area contributed by atoms with Gasteiger partial charge in [0.2, 0.25) is 10.0 Å². The molecule has 2 heterocycles. The quantitative estimate of drug-likeness (QED) is 0.834. The Morgan fingerprint density at radius 2 is 2.10 bits per heavy atom. The van der Waals surface area contributed by atoms with Crippen molar-refractivity contribution < 1.29 is 16.8 Å². The molecule has 1 atom stereocenters. The molecule has 7 nitrogen and oxygen atoms in total. The lowest BCUT2D eigenvalue weighted by atomic mass is 10.3. The second-order valence-corrected chi connectivity index (χ2v) is 8.93. The van der Waals surface area contributed by atoms with Crippen LogP contribution in [0.5, 0.6) is 0 Å². The fourth-order valence-corrected chi connectivity index (χ4v) is 5.31. The summed E-state index contributed by atoms with van der Waals surface area (Å²) in [4.78, 5) is 4.02. The van der Waals surface area contributed by atoms with Crippen LogP contribution < -0.4 is 5.32 Å². The first-order chi connectivity index (χ1) is 9.26. The van der Waals surface area contributed by atoms with Crippen LogP contribution in [0.2, 0.25) is 0 Å². The van der Waals surface area contributed by atoms with Gasteiger partial charge in [0.05, 0.1) is 11.5 Å². The molecule has 9 heteroatoms. The molecule has 1 aromatic rings. The fourth-order valence-electron chi connectivity index (χ4n) is 2.11. The van der Waals surface area contributed by atoms with Crippen LogP contribution in [0.25, 0.3) is 0 Å². The van der Waals surface area contributed by atoms with Crippen molar-refractivity contribution >= 4 is 25.7 Å². The molecule has 1 fully saturated rings. The van der Waals surface area contributed by atoms with Crippen molar-refractivity contribution in [1.29, 1.82) is 0 Å². The zero-order chi connectivity index (χ0) is 15.0. The highest BCUT2D eigenvalue weighted by molar-refractivity contribution is 7.92. The van der Waals surface area contributed by atoms with E-state index in [2.05, 4.69) is 10.3 Å². The number of hydrogen-bond donors (Lipinski definition) is 1. The first kappa shape index (κ1) is 15.2. The molecule has 0 radical (unpaired) electrons. The van der Waals surface area contributed by atoms with E-state index in [9.17, 15) is 16.8 Å². The molecule has 0 aliphatic carbocycles. The topological polar surface area (TPSA) is 96.4 Å². The molecule has 1 aliphatic heterocycles. The first-order valence-corrected chi connectivity index (χ1v) is 9.35. The van der Waals surface area contributed by atoms with Crippen molar-refractivity contribution in [3.63, 3.8) is 0 Å². The van der Waals surface area contributed by atoms with Crippen molar-refractivity contribution in [3.05, 3.63) is 18.3 Å². The van der Waals surface area contributed by atoms with Gasteiger partial charge in [0.15, 0.2) is 9.84 Å². The SMILES string of the molecule is CNc1ccc(S(=O)(=O)N(C)C2CCS(=O)(=O)C2)cn1. The number of rotatable bonds is 4. The van der Waals surface area contributed by atoms with E-state index in [1.165, 1.54) is 19.3 Å². The molecule has 1 aliphatic rings. The van der Waals surface area contributed by atoms with Gasteiger partial charge in [-0.1, -0.05) is 0 Å². The van der Waals surface area contributed by atoms with Gasteiger partial charge in [0.1, 0.15) is 10.7 Å². The summed E-state index contributed by atoms with van der Waals surface area (Å²) in [5.74, 6) is 0.481. The van der Waals surface area contributed by atoms with Crippen LogP contribution in [0.1, 0.15) is 6.42 Å². The van der Waals surface area contributed by atoms with Gasteiger partial charge in [-0.25, -0.2) is 21.8 Å². The molecular weight excluding hydrogens is 302 g/mol. The van der Waals surface area contributed by atoms with Crippen LogP contribution in [0, 0.1) is 0 Å². The lowest BCUT2D eigenvalue weighted by Crippen LogP contribution is -2.37. The summed E-state index contributed by atoms with van der Waals surface area (Å²) in [6.07, 6.45) is 1.60. The zero-order valence-corrected chi connectivity index (χ0v) is 12.9. The Morgan fingerprint density at radius 3 is 2.55 bits per heavy atom. The number of nitrogens with one attached hydrogen (secondary N) is 1. The number of sulfonamides is 1. The monoisotopic (exact) mass is 319 g/mol. The average Bonchev–Trinajstić information content (AvgIpc) is 2.78. The van der Waals surface area contributed by atoms with Gasteiger partial charge in [-0.3, -0.25) is 0 Å². The van der Waals surface area contributed by atoms with Crippen molar-refractivity contribution in [2.45, 2.75) is 17.4 Å². The summed E-state index contributed by atoms with van der Waals surface area (Å²) >= 11 is 0. The van der Waals surface area contributed by atoms with E-state index < -0.39 is 25.9 Å². The van der Waals surface area contributed by atoms with Gasteiger partial charge < -0.3 is 5.32 Å². The molecule has 0 aromatic carbocycles. The average molecular weight is 319 g/mol. The smallest absolute Gasteiger partial charge is 0.244 e. The predicted octanol–water partition coefficient (Wildman–Crippen LogP) is -0.0691. The van der Waals surface area contributed by atoms with Gasteiger partial charge in [0.25, 0.3) is 0 Å². The zero-order valence-electron chi connectivity index (χ0n) is 11.3. The molecular formula is C11H17N3O4S2. The second kappa shape index (κ2) is 5.30. The van der Waals surface area contributed by atoms with Crippen molar-refractivity contribution in [2.24, 2.45) is 0 Å². The molecule has 0 amide bonds. The molecule has 0 bridgehead atoms. The number of nitrogens with zero attached hydrogens (tertiary/aromatic N) is 2. The molecule has 0 spiro atoms. The van der Waals surface area contributed by atoms with Gasteiger partial charge in [0, 0.05) is 26.3 Å². The highest BCUT2D eigenvalue weighted by Gasteiger charge is 2.36.